The Bertz CT molecular complexity index is 460. The summed E-state index contributed by atoms with van der Waals surface area (Å²) in [4.78, 5) is 29.2. The van der Waals surface area contributed by atoms with Gasteiger partial charge < -0.3 is 14.7 Å². The fourth-order valence-corrected chi connectivity index (χ4v) is 2.58. The predicted octanol–water partition coefficient (Wildman–Crippen LogP) is 0.631. The molecule has 1 fully saturated rings. The van der Waals surface area contributed by atoms with Crippen LogP contribution < -0.4 is 0 Å². The molecule has 0 bridgehead atoms. The second-order valence-corrected chi connectivity index (χ2v) is 5.01. The normalized spacial score (nSPS) is 19.8. The van der Waals surface area contributed by atoms with Gasteiger partial charge in [-0.3, -0.25) is 4.79 Å². The second kappa shape index (κ2) is 5.45. The molecule has 1 saturated heterocycles. The zero-order chi connectivity index (χ0) is 13.1. The van der Waals surface area contributed by atoms with Crippen LogP contribution in [-0.2, 0) is 16.0 Å². The van der Waals surface area contributed by atoms with E-state index in [-0.39, 0.29) is 12.5 Å². The molecule has 1 aromatic heterocycles. The van der Waals surface area contributed by atoms with E-state index in [9.17, 15) is 9.59 Å². The van der Waals surface area contributed by atoms with Gasteiger partial charge >= 0.3 is 5.97 Å². The third-order valence-electron chi connectivity index (χ3n) is 2.74. The molecule has 1 N–H and O–H groups in total. The van der Waals surface area contributed by atoms with Gasteiger partial charge in [-0.15, -0.1) is 11.3 Å². The summed E-state index contributed by atoms with van der Waals surface area (Å²) in [7, 11) is 0. The van der Waals surface area contributed by atoms with Gasteiger partial charge in [0.25, 0.3) is 5.91 Å². The van der Waals surface area contributed by atoms with E-state index >= 15 is 0 Å². The van der Waals surface area contributed by atoms with Crippen molar-refractivity contribution in [3.05, 3.63) is 16.1 Å². The standard InChI is InChI=1S/C11H14N2O4S/c1-2-9-12-5-8(18-9)10(14)13-3-4-17-6-7(13)11(15)16/h5,7H,2-4,6H2,1H3,(H,15,16)/t7-/m1/s1. The lowest BCUT2D eigenvalue weighted by molar-refractivity contribution is -0.147. The summed E-state index contributed by atoms with van der Waals surface area (Å²) < 4.78 is 5.10. The number of hydrogen-bond donors (Lipinski definition) is 1. The van der Waals surface area contributed by atoms with Crippen molar-refractivity contribution < 1.29 is 19.4 Å². The summed E-state index contributed by atoms with van der Waals surface area (Å²) in [6.45, 7) is 2.67. The number of hydrogen-bond acceptors (Lipinski definition) is 5. The van der Waals surface area contributed by atoms with Crippen molar-refractivity contribution in [1.82, 2.24) is 9.88 Å². The summed E-state index contributed by atoms with van der Waals surface area (Å²) in [5, 5.41) is 9.94. The number of carboxylic acids is 1. The quantitative estimate of drug-likeness (QED) is 0.871. The third-order valence-corrected chi connectivity index (χ3v) is 3.87. The summed E-state index contributed by atoms with van der Waals surface area (Å²) in [6, 6.07) is -0.904. The van der Waals surface area contributed by atoms with Crippen LogP contribution >= 0.6 is 11.3 Å². The van der Waals surface area contributed by atoms with Crippen molar-refractivity contribution in [2.45, 2.75) is 19.4 Å². The molecule has 1 atom stereocenters. The van der Waals surface area contributed by atoms with Crippen LogP contribution in [0.25, 0.3) is 0 Å². The van der Waals surface area contributed by atoms with Crippen molar-refractivity contribution in [3.8, 4) is 0 Å². The number of nitrogens with zero attached hydrogens (tertiary/aromatic N) is 2. The largest absolute Gasteiger partial charge is 0.480 e. The first-order valence-electron chi connectivity index (χ1n) is 5.69. The summed E-state index contributed by atoms with van der Waals surface area (Å²) in [5.41, 5.74) is 0. The number of carbonyl (C=O) groups excluding carboxylic acids is 1. The van der Waals surface area contributed by atoms with E-state index in [0.29, 0.717) is 18.0 Å². The number of aliphatic carboxylic acids is 1. The van der Waals surface area contributed by atoms with E-state index in [1.54, 1.807) is 0 Å². The predicted molar refractivity (Wildman–Crippen MR) is 64.8 cm³/mol. The van der Waals surface area contributed by atoms with Crippen LogP contribution in [0.5, 0.6) is 0 Å². The van der Waals surface area contributed by atoms with E-state index in [1.807, 2.05) is 6.92 Å². The zero-order valence-corrected chi connectivity index (χ0v) is 10.8. The highest BCUT2D eigenvalue weighted by Gasteiger charge is 2.33. The van der Waals surface area contributed by atoms with Crippen LogP contribution in [0.4, 0.5) is 0 Å². The minimum Gasteiger partial charge on any atom is -0.480 e. The minimum absolute atomic E-state index is 0.0422. The highest BCUT2D eigenvalue weighted by Crippen LogP contribution is 2.18. The molecule has 0 radical (unpaired) electrons. The van der Waals surface area contributed by atoms with Crippen LogP contribution in [0.1, 0.15) is 21.6 Å². The second-order valence-electron chi connectivity index (χ2n) is 3.90. The maximum absolute atomic E-state index is 12.2. The topological polar surface area (TPSA) is 79.7 Å². The Morgan fingerprint density at radius 1 is 1.67 bits per heavy atom. The van der Waals surface area contributed by atoms with Gasteiger partial charge in [0.1, 0.15) is 4.88 Å². The molecule has 0 saturated carbocycles. The Hall–Kier alpha value is -1.47. The lowest BCUT2D eigenvalue weighted by Gasteiger charge is -2.32. The Kier molecular flexibility index (Phi) is 3.93. The van der Waals surface area contributed by atoms with Crippen molar-refractivity contribution >= 4 is 23.2 Å². The molecular formula is C11H14N2O4S. The van der Waals surface area contributed by atoms with Crippen LogP contribution in [-0.4, -0.2) is 52.7 Å². The van der Waals surface area contributed by atoms with E-state index < -0.39 is 12.0 Å². The molecule has 0 unspecified atom stereocenters. The van der Waals surface area contributed by atoms with Gasteiger partial charge in [0.15, 0.2) is 6.04 Å². The highest BCUT2D eigenvalue weighted by molar-refractivity contribution is 7.13. The highest BCUT2D eigenvalue weighted by atomic mass is 32.1. The number of aryl methyl sites for hydroxylation is 1. The van der Waals surface area contributed by atoms with Crippen LogP contribution in [0.3, 0.4) is 0 Å². The van der Waals surface area contributed by atoms with E-state index in [1.165, 1.54) is 22.4 Å². The van der Waals surface area contributed by atoms with Gasteiger partial charge in [0.2, 0.25) is 0 Å². The Labute approximate surface area is 108 Å². The van der Waals surface area contributed by atoms with Crippen LogP contribution in [0.2, 0.25) is 0 Å². The van der Waals surface area contributed by atoms with Crippen LogP contribution in [0.15, 0.2) is 6.20 Å². The Balaban J connectivity index is 2.17. The first-order valence-corrected chi connectivity index (χ1v) is 6.51. The van der Waals surface area contributed by atoms with Gasteiger partial charge in [0.05, 0.1) is 24.4 Å². The monoisotopic (exact) mass is 270 g/mol. The average Bonchev–Trinajstić information content (AvgIpc) is 2.86. The number of amides is 1. The SMILES string of the molecule is CCc1ncc(C(=O)N2CCOC[C@@H]2C(=O)O)s1. The number of rotatable bonds is 3. The van der Waals surface area contributed by atoms with Crippen molar-refractivity contribution in [1.29, 1.82) is 0 Å². The number of thiazole rings is 1. The molecule has 6 nitrogen and oxygen atoms in total. The van der Waals surface area contributed by atoms with Gasteiger partial charge in [-0.05, 0) is 6.42 Å². The molecule has 98 valence electrons. The molecule has 7 heteroatoms. The van der Waals surface area contributed by atoms with Gasteiger partial charge in [0, 0.05) is 6.54 Å². The lowest BCUT2D eigenvalue weighted by atomic mass is 10.2. The van der Waals surface area contributed by atoms with Gasteiger partial charge in [-0.2, -0.15) is 0 Å². The van der Waals surface area contributed by atoms with Crippen LogP contribution in [0, 0.1) is 0 Å². The number of ether oxygens (including phenoxy) is 1. The average molecular weight is 270 g/mol. The first kappa shape index (κ1) is 13.0. The number of morpholine rings is 1. The smallest absolute Gasteiger partial charge is 0.328 e. The molecule has 0 aliphatic carbocycles. The number of aromatic nitrogens is 1. The third kappa shape index (κ3) is 2.51. The summed E-state index contributed by atoms with van der Waals surface area (Å²) in [6.07, 6.45) is 2.28. The molecule has 2 heterocycles. The molecule has 1 amide bonds. The Morgan fingerprint density at radius 3 is 3.06 bits per heavy atom. The maximum atomic E-state index is 12.2. The molecule has 0 aromatic carbocycles. The zero-order valence-electron chi connectivity index (χ0n) is 9.96. The maximum Gasteiger partial charge on any atom is 0.328 e. The number of carboxylic acid groups (broad SMARTS) is 1. The Morgan fingerprint density at radius 2 is 2.44 bits per heavy atom. The summed E-state index contributed by atoms with van der Waals surface area (Å²) >= 11 is 1.31. The first-order chi connectivity index (χ1) is 8.63. The molecule has 0 spiro atoms. The van der Waals surface area contributed by atoms with Crippen molar-refractivity contribution in [2.24, 2.45) is 0 Å². The minimum atomic E-state index is -1.04. The van der Waals surface area contributed by atoms with E-state index in [0.717, 1.165) is 11.4 Å². The molecule has 1 aliphatic heterocycles. The van der Waals surface area contributed by atoms with Crippen molar-refractivity contribution in [3.63, 3.8) is 0 Å². The molecule has 1 aromatic rings. The fraction of sp³-hybridized carbons (Fsp3) is 0.545. The van der Waals surface area contributed by atoms with Crippen molar-refractivity contribution in [2.75, 3.05) is 19.8 Å². The molecule has 1 aliphatic rings. The fourth-order valence-electron chi connectivity index (χ4n) is 1.77. The van der Waals surface area contributed by atoms with Gasteiger partial charge in [-0.25, -0.2) is 9.78 Å². The molecule has 18 heavy (non-hydrogen) atoms. The molecular weight excluding hydrogens is 256 g/mol. The summed E-state index contributed by atoms with van der Waals surface area (Å²) in [5.74, 6) is -1.31. The van der Waals surface area contributed by atoms with E-state index in [4.69, 9.17) is 9.84 Å². The lowest BCUT2D eigenvalue weighted by Crippen LogP contribution is -2.52. The molecule has 2 rings (SSSR count). The number of carbonyl (C=O) groups is 2. The van der Waals surface area contributed by atoms with E-state index in [2.05, 4.69) is 4.98 Å². The van der Waals surface area contributed by atoms with Gasteiger partial charge in [-0.1, -0.05) is 6.92 Å².